The normalized spacial score (nSPS) is 10.1. The fourth-order valence-corrected chi connectivity index (χ4v) is 1.83. The first-order valence-electron chi connectivity index (χ1n) is 5.71. The van der Waals surface area contributed by atoms with Crippen molar-refractivity contribution in [3.8, 4) is 0 Å². The molecule has 1 rings (SSSR count). The standard InChI is InChI=1S/C13H19BrN2O/c1-10-6-7-11(14)9-12(10)15-8-4-5-13(17)16(2)3/h6-7,9,15H,4-5,8H2,1-3H3. The maximum absolute atomic E-state index is 11.4. The second-order valence-electron chi connectivity index (χ2n) is 4.28. The van der Waals surface area contributed by atoms with Gasteiger partial charge >= 0.3 is 0 Å². The zero-order valence-corrected chi connectivity index (χ0v) is 12.2. The predicted molar refractivity (Wildman–Crippen MR) is 75.3 cm³/mol. The van der Waals surface area contributed by atoms with Gasteiger partial charge in [0.15, 0.2) is 0 Å². The van der Waals surface area contributed by atoms with Gasteiger partial charge in [0.05, 0.1) is 0 Å². The van der Waals surface area contributed by atoms with E-state index < -0.39 is 0 Å². The maximum Gasteiger partial charge on any atom is 0.222 e. The maximum atomic E-state index is 11.4. The van der Waals surface area contributed by atoms with Gasteiger partial charge in [0, 0.05) is 37.2 Å². The largest absolute Gasteiger partial charge is 0.385 e. The van der Waals surface area contributed by atoms with Crippen LogP contribution in [-0.4, -0.2) is 31.4 Å². The van der Waals surface area contributed by atoms with Crippen LogP contribution in [0.2, 0.25) is 0 Å². The molecule has 0 bridgehead atoms. The van der Waals surface area contributed by atoms with E-state index in [2.05, 4.69) is 40.3 Å². The molecule has 1 amide bonds. The van der Waals surface area contributed by atoms with E-state index in [0.29, 0.717) is 6.42 Å². The highest BCUT2D eigenvalue weighted by Crippen LogP contribution is 2.20. The summed E-state index contributed by atoms with van der Waals surface area (Å²) in [4.78, 5) is 13.0. The van der Waals surface area contributed by atoms with Crippen LogP contribution in [0.4, 0.5) is 5.69 Å². The van der Waals surface area contributed by atoms with E-state index >= 15 is 0 Å². The molecule has 3 nitrogen and oxygen atoms in total. The van der Waals surface area contributed by atoms with Crippen molar-refractivity contribution in [2.24, 2.45) is 0 Å². The summed E-state index contributed by atoms with van der Waals surface area (Å²) in [6, 6.07) is 6.15. The molecule has 0 saturated carbocycles. The molecule has 0 fully saturated rings. The number of anilines is 1. The molecule has 0 aliphatic rings. The summed E-state index contributed by atoms with van der Waals surface area (Å²) in [5.41, 5.74) is 2.34. The monoisotopic (exact) mass is 298 g/mol. The molecule has 0 unspecified atom stereocenters. The van der Waals surface area contributed by atoms with Crippen molar-refractivity contribution in [2.75, 3.05) is 26.0 Å². The van der Waals surface area contributed by atoms with Crippen molar-refractivity contribution in [1.29, 1.82) is 0 Å². The molecular formula is C13H19BrN2O. The number of rotatable bonds is 5. The Morgan fingerprint density at radius 1 is 1.41 bits per heavy atom. The highest BCUT2D eigenvalue weighted by molar-refractivity contribution is 9.10. The topological polar surface area (TPSA) is 32.3 Å². The first-order valence-corrected chi connectivity index (χ1v) is 6.50. The Morgan fingerprint density at radius 3 is 2.76 bits per heavy atom. The summed E-state index contributed by atoms with van der Waals surface area (Å²) >= 11 is 3.45. The van der Waals surface area contributed by atoms with E-state index in [1.165, 1.54) is 5.56 Å². The summed E-state index contributed by atoms with van der Waals surface area (Å²) < 4.78 is 1.06. The first kappa shape index (κ1) is 14.0. The highest BCUT2D eigenvalue weighted by Gasteiger charge is 2.03. The number of carbonyl (C=O) groups excluding carboxylic acids is 1. The number of benzene rings is 1. The van der Waals surface area contributed by atoms with Gasteiger partial charge < -0.3 is 10.2 Å². The number of nitrogens with one attached hydrogen (secondary N) is 1. The zero-order valence-electron chi connectivity index (χ0n) is 10.6. The summed E-state index contributed by atoms with van der Waals surface area (Å²) in [6.45, 7) is 2.89. The van der Waals surface area contributed by atoms with Crippen LogP contribution in [0.25, 0.3) is 0 Å². The Morgan fingerprint density at radius 2 is 2.12 bits per heavy atom. The van der Waals surface area contributed by atoms with E-state index in [4.69, 9.17) is 0 Å². The Bertz CT molecular complexity index is 391. The van der Waals surface area contributed by atoms with Crippen molar-refractivity contribution in [3.05, 3.63) is 28.2 Å². The van der Waals surface area contributed by atoms with Gasteiger partial charge in [-0.3, -0.25) is 4.79 Å². The number of nitrogens with zero attached hydrogens (tertiary/aromatic N) is 1. The van der Waals surface area contributed by atoms with Gasteiger partial charge in [-0.1, -0.05) is 22.0 Å². The van der Waals surface area contributed by atoms with Crippen LogP contribution in [0, 0.1) is 6.92 Å². The SMILES string of the molecule is Cc1ccc(Br)cc1NCCCC(=O)N(C)C. The summed E-state index contributed by atoms with van der Waals surface area (Å²) in [6.07, 6.45) is 1.44. The van der Waals surface area contributed by atoms with Gasteiger partial charge in [0.2, 0.25) is 5.91 Å². The molecule has 1 aromatic carbocycles. The molecular weight excluding hydrogens is 280 g/mol. The smallest absolute Gasteiger partial charge is 0.222 e. The van der Waals surface area contributed by atoms with Crippen molar-refractivity contribution >= 4 is 27.5 Å². The molecule has 0 saturated heterocycles. The number of carbonyl (C=O) groups is 1. The molecule has 0 atom stereocenters. The molecule has 1 N–H and O–H groups in total. The van der Waals surface area contributed by atoms with Crippen LogP contribution in [0.5, 0.6) is 0 Å². The van der Waals surface area contributed by atoms with Crippen LogP contribution in [0.1, 0.15) is 18.4 Å². The quantitative estimate of drug-likeness (QED) is 0.848. The number of hydrogen-bond acceptors (Lipinski definition) is 2. The van der Waals surface area contributed by atoms with Gasteiger partial charge in [-0.2, -0.15) is 0 Å². The fraction of sp³-hybridized carbons (Fsp3) is 0.462. The molecule has 0 spiro atoms. The molecule has 94 valence electrons. The number of aryl methyl sites for hydroxylation is 1. The number of halogens is 1. The Kier molecular flexibility index (Phi) is 5.48. The first-order chi connectivity index (χ1) is 8.00. The van der Waals surface area contributed by atoms with Gasteiger partial charge in [0.1, 0.15) is 0 Å². The third kappa shape index (κ3) is 4.77. The van der Waals surface area contributed by atoms with Crippen LogP contribution in [0.15, 0.2) is 22.7 Å². The van der Waals surface area contributed by atoms with Crippen LogP contribution >= 0.6 is 15.9 Å². The lowest BCUT2D eigenvalue weighted by molar-refractivity contribution is -0.128. The van der Waals surface area contributed by atoms with E-state index in [1.54, 1.807) is 19.0 Å². The minimum atomic E-state index is 0.178. The van der Waals surface area contributed by atoms with Gasteiger partial charge in [-0.25, -0.2) is 0 Å². The molecule has 4 heteroatoms. The second kappa shape index (κ2) is 6.64. The van der Waals surface area contributed by atoms with E-state index in [1.807, 2.05) is 6.07 Å². The van der Waals surface area contributed by atoms with Crippen molar-refractivity contribution in [3.63, 3.8) is 0 Å². The third-order valence-electron chi connectivity index (χ3n) is 2.58. The summed E-state index contributed by atoms with van der Waals surface area (Å²) in [5.74, 6) is 0.178. The molecule has 0 radical (unpaired) electrons. The molecule has 0 heterocycles. The van der Waals surface area contributed by atoms with E-state index in [0.717, 1.165) is 23.1 Å². The van der Waals surface area contributed by atoms with Gasteiger partial charge in [-0.05, 0) is 31.0 Å². The van der Waals surface area contributed by atoms with Crippen molar-refractivity contribution < 1.29 is 4.79 Å². The summed E-state index contributed by atoms with van der Waals surface area (Å²) in [7, 11) is 3.57. The number of hydrogen-bond donors (Lipinski definition) is 1. The lowest BCUT2D eigenvalue weighted by atomic mass is 10.2. The van der Waals surface area contributed by atoms with E-state index in [-0.39, 0.29) is 5.91 Å². The average Bonchev–Trinajstić information content (AvgIpc) is 2.28. The molecule has 1 aromatic rings. The summed E-state index contributed by atoms with van der Waals surface area (Å²) in [5, 5.41) is 3.35. The Labute approximate surface area is 111 Å². The minimum absolute atomic E-state index is 0.178. The lowest BCUT2D eigenvalue weighted by Gasteiger charge is -2.12. The van der Waals surface area contributed by atoms with Crippen molar-refractivity contribution in [2.45, 2.75) is 19.8 Å². The zero-order chi connectivity index (χ0) is 12.8. The average molecular weight is 299 g/mol. The molecule has 0 aliphatic heterocycles. The number of amides is 1. The van der Waals surface area contributed by atoms with Crippen LogP contribution in [0.3, 0.4) is 0 Å². The van der Waals surface area contributed by atoms with Gasteiger partial charge in [-0.15, -0.1) is 0 Å². The van der Waals surface area contributed by atoms with Crippen molar-refractivity contribution in [1.82, 2.24) is 4.90 Å². The molecule has 0 aliphatic carbocycles. The molecule has 17 heavy (non-hydrogen) atoms. The third-order valence-corrected chi connectivity index (χ3v) is 3.07. The lowest BCUT2D eigenvalue weighted by Crippen LogP contribution is -2.22. The Balaban J connectivity index is 2.36. The second-order valence-corrected chi connectivity index (χ2v) is 5.19. The minimum Gasteiger partial charge on any atom is -0.385 e. The Hall–Kier alpha value is -1.03. The van der Waals surface area contributed by atoms with Gasteiger partial charge in [0.25, 0.3) is 0 Å². The fourth-order valence-electron chi connectivity index (χ4n) is 1.47. The van der Waals surface area contributed by atoms with Crippen LogP contribution < -0.4 is 5.32 Å². The predicted octanol–water partition coefficient (Wildman–Crippen LogP) is 3.04. The van der Waals surface area contributed by atoms with Crippen LogP contribution in [-0.2, 0) is 4.79 Å². The molecule has 0 aromatic heterocycles. The highest BCUT2D eigenvalue weighted by atomic mass is 79.9. The van der Waals surface area contributed by atoms with E-state index in [9.17, 15) is 4.79 Å².